The maximum absolute atomic E-state index is 12.8. The molecule has 1 aliphatic rings. The molecule has 0 aliphatic carbocycles. The lowest BCUT2D eigenvalue weighted by Gasteiger charge is -2.32. The summed E-state index contributed by atoms with van der Waals surface area (Å²) in [4.78, 5) is 7.96. The zero-order valence-corrected chi connectivity index (χ0v) is 11.0. The van der Waals surface area contributed by atoms with Crippen LogP contribution in [0, 0.1) is 0 Å². The number of nitrogen functional groups attached to an aromatic ring is 1. The van der Waals surface area contributed by atoms with Gasteiger partial charge in [0.25, 0.3) is 0 Å². The fourth-order valence-corrected chi connectivity index (χ4v) is 3.10. The van der Waals surface area contributed by atoms with Crippen LogP contribution in [-0.4, -0.2) is 51.1 Å². The monoisotopic (exact) mass is 298 g/mol. The molecule has 1 saturated heterocycles. The van der Waals surface area contributed by atoms with E-state index in [-0.39, 0.29) is 24.7 Å². The minimum absolute atomic E-state index is 0.147. The molecule has 1 fully saturated rings. The van der Waals surface area contributed by atoms with Gasteiger partial charge in [-0.2, -0.15) is 21.9 Å². The van der Waals surface area contributed by atoms with E-state index in [9.17, 15) is 12.8 Å². The van der Waals surface area contributed by atoms with Gasteiger partial charge in [-0.05, 0) is 6.07 Å². The molecule has 8 nitrogen and oxygen atoms in total. The summed E-state index contributed by atoms with van der Waals surface area (Å²) in [5.74, 6) is 0.548. The number of rotatable bonds is 3. The predicted molar refractivity (Wildman–Crippen MR) is 68.5 cm³/mol. The lowest BCUT2D eigenvalue weighted by atomic mass is 10.3. The van der Waals surface area contributed by atoms with Crippen LogP contribution >= 0.6 is 0 Å². The van der Waals surface area contributed by atoms with Gasteiger partial charge in [0.05, 0.1) is 18.0 Å². The summed E-state index contributed by atoms with van der Waals surface area (Å²) in [5, 5.41) is 3.77. The van der Waals surface area contributed by atoms with Gasteiger partial charge in [0.15, 0.2) is 5.82 Å². The maximum Gasteiger partial charge on any atom is 0.323 e. The van der Waals surface area contributed by atoms with Crippen molar-refractivity contribution in [2.24, 2.45) is 0 Å². The highest BCUT2D eigenvalue weighted by molar-refractivity contribution is 7.87. The molecule has 0 aromatic carbocycles. The predicted octanol–water partition coefficient (Wildman–Crippen LogP) is -0.331. The Hall–Kier alpha value is -2.07. The van der Waals surface area contributed by atoms with Crippen LogP contribution in [-0.2, 0) is 10.2 Å². The molecule has 3 rings (SSSR count). The number of nitrogens with two attached hydrogens (primary N) is 1. The minimum atomic E-state index is -3.82. The number of hydrogen-bond donors (Lipinski definition) is 1. The molecular weight excluding hydrogens is 287 g/mol. The average molecular weight is 298 g/mol. The van der Waals surface area contributed by atoms with Crippen LogP contribution in [0.25, 0.3) is 11.4 Å². The quantitative estimate of drug-likeness (QED) is 0.831. The third-order valence-corrected chi connectivity index (χ3v) is 4.48. The molecule has 10 heteroatoms. The number of halogens is 1. The van der Waals surface area contributed by atoms with Crippen molar-refractivity contribution in [3.8, 4) is 11.4 Å². The summed E-state index contributed by atoms with van der Waals surface area (Å²) in [6.45, 7) is -0.293. The van der Waals surface area contributed by atoms with E-state index in [4.69, 9.17) is 5.73 Å². The maximum atomic E-state index is 12.8. The summed E-state index contributed by atoms with van der Waals surface area (Å²) in [5.41, 5.74) is 5.95. The van der Waals surface area contributed by atoms with Crippen molar-refractivity contribution in [3.05, 3.63) is 24.7 Å². The minimum Gasteiger partial charge on any atom is -0.384 e. The molecule has 0 bridgehead atoms. The molecule has 2 N–H and O–H groups in total. The first-order valence-corrected chi connectivity index (χ1v) is 7.15. The summed E-state index contributed by atoms with van der Waals surface area (Å²) in [6.07, 6.45) is 2.94. The molecule has 2 aromatic heterocycles. The van der Waals surface area contributed by atoms with Gasteiger partial charge in [0.2, 0.25) is 0 Å². The second-order valence-electron chi connectivity index (χ2n) is 4.33. The van der Waals surface area contributed by atoms with Gasteiger partial charge in [-0.15, -0.1) is 0 Å². The highest BCUT2D eigenvalue weighted by atomic mass is 32.2. The molecule has 0 atom stereocenters. The van der Waals surface area contributed by atoms with Crippen molar-refractivity contribution >= 4 is 16.0 Å². The highest BCUT2D eigenvalue weighted by Gasteiger charge is 2.37. The third kappa shape index (κ3) is 2.12. The van der Waals surface area contributed by atoms with Gasteiger partial charge >= 0.3 is 10.2 Å². The zero-order valence-electron chi connectivity index (χ0n) is 10.2. The van der Waals surface area contributed by atoms with Crippen LogP contribution in [0.2, 0.25) is 0 Å². The Labute approximate surface area is 114 Å². The normalized spacial score (nSPS) is 17.1. The largest absolute Gasteiger partial charge is 0.384 e. The molecule has 0 radical (unpaired) electrons. The molecule has 0 spiro atoms. The number of alkyl halides is 1. The van der Waals surface area contributed by atoms with Crippen LogP contribution in [0.5, 0.6) is 0 Å². The Morgan fingerprint density at radius 3 is 2.80 bits per heavy atom. The number of nitrogens with zero attached hydrogens (tertiary/aromatic N) is 5. The van der Waals surface area contributed by atoms with Gasteiger partial charge in [-0.25, -0.2) is 14.4 Å². The fraction of sp³-hybridized carbons (Fsp3) is 0.300. The lowest BCUT2D eigenvalue weighted by molar-refractivity contribution is 0.140. The van der Waals surface area contributed by atoms with Gasteiger partial charge in [-0.1, -0.05) is 0 Å². The third-order valence-electron chi connectivity index (χ3n) is 2.86. The van der Waals surface area contributed by atoms with E-state index < -0.39 is 16.4 Å². The van der Waals surface area contributed by atoms with Gasteiger partial charge in [0, 0.05) is 19.3 Å². The van der Waals surface area contributed by atoms with Crippen LogP contribution in [0.1, 0.15) is 0 Å². The first kappa shape index (κ1) is 12.9. The van der Waals surface area contributed by atoms with Crippen molar-refractivity contribution in [2.75, 3.05) is 18.8 Å². The first-order valence-electron chi connectivity index (χ1n) is 5.75. The van der Waals surface area contributed by atoms with Gasteiger partial charge in [0.1, 0.15) is 12.0 Å². The fourth-order valence-electron chi connectivity index (χ4n) is 1.75. The van der Waals surface area contributed by atoms with E-state index in [1.54, 1.807) is 0 Å². The van der Waals surface area contributed by atoms with Crippen molar-refractivity contribution in [1.82, 2.24) is 23.5 Å². The second-order valence-corrected chi connectivity index (χ2v) is 6.11. The van der Waals surface area contributed by atoms with E-state index in [2.05, 4.69) is 15.1 Å². The van der Waals surface area contributed by atoms with Crippen LogP contribution < -0.4 is 5.73 Å². The number of aromatic nitrogens is 4. The van der Waals surface area contributed by atoms with E-state index in [1.807, 2.05) is 0 Å². The van der Waals surface area contributed by atoms with Crippen LogP contribution in [0.3, 0.4) is 0 Å². The Balaban J connectivity index is 1.91. The topological polar surface area (TPSA) is 107 Å². The average Bonchev–Trinajstić information content (AvgIpc) is 2.85. The molecule has 1 aliphatic heterocycles. The van der Waals surface area contributed by atoms with Crippen molar-refractivity contribution in [2.45, 2.75) is 6.17 Å². The lowest BCUT2D eigenvalue weighted by Crippen LogP contribution is -2.53. The van der Waals surface area contributed by atoms with Gasteiger partial charge < -0.3 is 5.73 Å². The molecule has 2 aromatic rings. The molecular formula is C10H11FN6O2S. The highest BCUT2D eigenvalue weighted by Crippen LogP contribution is 2.20. The van der Waals surface area contributed by atoms with E-state index in [0.717, 1.165) is 8.39 Å². The smallest absolute Gasteiger partial charge is 0.323 e. The SMILES string of the molecule is Nc1ccnc(-c2cnn(S(=O)(=O)N3CC(F)C3)c2)n1. The molecule has 0 amide bonds. The molecule has 106 valence electrons. The Kier molecular flexibility index (Phi) is 2.91. The number of hydrogen-bond acceptors (Lipinski definition) is 6. The number of anilines is 1. The summed E-state index contributed by atoms with van der Waals surface area (Å²) >= 11 is 0. The Morgan fingerprint density at radius 1 is 1.40 bits per heavy atom. The van der Waals surface area contributed by atoms with E-state index in [1.165, 1.54) is 24.7 Å². The Bertz CT molecular complexity index is 740. The van der Waals surface area contributed by atoms with Crippen molar-refractivity contribution in [3.63, 3.8) is 0 Å². The summed E-state index contributed by atoms with van der Waals surface area (Å²) < 4.78 is 38.7. The van der Waals surface area contributed by atoms with Crippen molar-refractivity contribution < 1.29 is 12.8 Å². The van der Waals surface area contributed by atoms with Gasteiger partial charge in [-0.3, -0.25) is 0 Å². The summed E-state index contributed by atoms with van der Waals surface area (Å²) in [6, 6.07) is 1.52. The van der Waals surface area contributed by atoms with Crippen LogP contribution in [0.15, 0.2) is 24.7 Å². The summed E-state index contributed by atoms with van der Waals surface area (Å²) in [7, 11) is -3.82. The molecule has 0 unspecified atom stereocenters. The molecule has 20 heavy (non-hydrogen) atoms. The standard InChI is InChI=1S/C10H11FN6O2S/c11-8-5-16(6-8)20(18,19)17-4-7(3-14-17)10-13-2-1-9(12)15-10/h1-4,8H,5-6H2,(H2,12,13,15). The van der Waals surface area contributed by atoms with Crippen molar-refractivity contribution in [1.29, 1.82) is 0 Å². The first-order chi connectivity index (χ1) is 9.46. The van der Waals surface area contributed by atoms with Crippen LogP contribution in [0.4, 0.5) is 10.2 Å². The molecule has 3 heterocycles. The van der Waals surface area contributed by atoms with E-state index >= 15 is 0 Å². The Morgan fingerprint density at radius 2 is 2.15 bits per heavy atom. The van der Waals surface area contributed by atoms with E-state index in [0.29, 0.717) is 5.56 Å². The zero-order chi connectivity index (χ0) is 14.3. The molecule has 0 saturated carbocycles. The second kappa shape index (κ2) is 4.49.